The number of rotatable bonds is 6. The maximum absolute atomic E-state index is 12.1. The lowest BCUT2D eigenvalue weighted by molar-refractivity contribution is -0.116. The Morgan fingerprint density at radius 2 is 1.88 bits per heavy atom. The Labute approximate surface area is 151 Å². The summed E-state index contributed by atoms with van der Waals surface area (Å²) in [6, 6.07) is 10.5. The topological polar surface area (TPSA) is 111 Å². The third-order valence-corrected chi connectivity index (χ3v) is 3.58. The zero-order valence-electron chi connectivity index (χ0n) is 14.6. The van der Waals surface area contributed by atoms with E-state index in [4.69, 9.17) is 0 Å². The monoisotopic (exact) mass is 355 g/mol. The van der Waals surface area contributed by atoms with Gasteiger partial charge in [0.1, 0.15) is 11.5 Å². The van der Waals surface area contributed by atoms with Gasteiger partial charge in [0.05, 0.1) is 5.71 Å². The van der Waals surface area contributed by atoms with E-state index in [0.717, 1.165) is 6.42 Å². The summed E-state index contributed by atoms with van der Waals surface area (Å²) in [5, 5.41) is 26.2. The number of phenols is 2. The van der Waals surface area contributed by atoms with Crippen LogP contribution in [-0.4, -0.2) is 27.7 Å². The van der Waals surface area contributed by atoms with Gasteiger partial charge in [0.15, 0.2) is 0 Å². The Kier molecular flexibility index (Phi) is 6.32. The third-order valence-electron chi connectivity index (χ3n) is 3.58. The summed E-state index contributed by atoms with van der Waals surface area (Å²) in [7, 11) is 0. The molecule has 0 atom stereocenters. The van der Waals surface area contributed by atoms with E-state index in [-0.39, 0.29) is 23.0 Å². The molecule has 4 N–H and O–H groups in total. The van der Waals surface area contributed by atoms with Crippen LogP contribution >= 0.6 is 0 Å². The Morgan fingerprint density at radius 3 is 2.58 bits per heavy atom. The number of benzene rings is 2. The number of nitrogens with zero attached hydrogens (tertiary/aromatic N) is 1. The lowest BCUT2D eigenvalue weighted by Crippen LogP contribution is -2.19. The van der Waals surface area contributed by atoms with Gasteiger partial charge in [-0.1, -0.05) is 13.0 Å². The molecule has 2 rings (SSSR count). The first-order chi connectivity index (χ1) is 12.4. The van der Waals surface area contributed by atoms with Gasteiger partial charge in [-0.3, -0.25) is 9.59 Å². The van der Waals surface area contributed by atoms with E-state index in [9.17, 15) is 19.8 Å². The molecule has 0 aliphatic rings. The molecule has 0 heterocycles. The number of hydrazone groups is 1. The van der Waals surface area contributed by atoms with Gasteiger partial charge in [0.2, 0.25) is 5.91 Å². The molecular weight excluding hydrogens is 334 g/mol. The molecule has 0 aromatic heterocycles. The lowest BCUT2D eigenvalue weighted by Gasteiger charge is -2.09. The number of nitrogens with one attached hydrogen (secondary N) is 2. The van der Waals surface area contributed by atoms with Crippen LogP contribution in [0.3, 0.4) is 0 Å². The van der Waals surface area contributed by atoms with Crippen LogP contribution in [0.4, 0.5) is 5.69 Å². The molecule has 0 radical (unpaired) electrons. The van der Waals surface area contributed by atoms with Crippen LogP contribution in [0.5, 0.6) is 11.5 Å². The summed E-state index contributed by atoms with van der Waals surface area (Å²) >= 11 is 0. The van der Waals surface area contributed by atoms with Crippen LogP contribution in [0.1, 0.15) is 42.6 Å². The van der Waals surface area contributed by atoms with Crippen molar-refractivity contribution in [1.29, 1.82) is 0 Å². The van der Waals surface area contributed by atoms with E-state index in [2.05, 4.69) is 15.8 Å². The summed E-state index contributed by atoms with van der Waals surface area (Å²) in [4.78, 5) is 23.7. The first kappa shape index (κ1) is 19.0. The highest BCUT2D eigenvalue weighted by atomic mass is 16.3. The number of amides is 2. The summed E-state index contributed by atoms with van der Waals surface area (Å²) in [5.41, 5.74) is 3.91. The van der Waals surface area contributed by atoms with Gasteiger partial charge in [0.25, 0.3) is 5.91 Å². The number of carbonyl (C=O) groups excluding carboxylic acids is 2. The molecule has 0 fully saturated rings. The Morgan fingerprint density at radius 1 is 1.12 bits per heavy atom. The van der Waals surface area contributed by atoms with Gasteiger partial charge in [-0.05, 0) is 49.7 Å². The van der Waals surface area contributed by atoms with E-state index < -0.39 is 5.91 Å². The zero-order valence-corrected chi connectivity index (χ0v) is 14.6. The van der Waals surface area contributed by atoms with Crippen molar-refractivity contribution in [3.63, 3.8) is 0 Å². The van der Waals surface area contributed by atoms with Crippen LogP contribution in [-0.2, 0) is 4.79 Å². The second-order valence-corrected chi connectivity index (χ2v) is 5.72. The molecule has 7 heteroatoms. The Hall–Kier alpha value is -3.35. The smallest absolute Gasteiger partial charge is 0.271 e. The van der Waals surface area contributed by atoms with Gasteiger partial charge < -0.3 is 15.5 Å². The minimum Gasteiger partial charge on any atom is -0.508 e. The standard InChI is InChI=1S/C19H21N3O4/c1-3-5-18(25)20-14-8-9-17(24)16(11-14)12(2)21-22-19(26)13-6-4-7-15(23)10-13/h4,6-11,23-24H,3,5H2,1-2H3,(H,20,25)(H,22,26)/b21-12+. The van der Waals surface area contributed by atoms with Crippen molar-refractivity contribution in [3.05, 3.63) is 53.6 Å². The molecule has 2 aromatic rings. The van der Waals surface area contributed by atoms with Crippen LogP contribution in [0.15, 0.2) is 47.6 Å². The molecule has 2 amide bonds. The second kappa shape index (κ2) is 8.66. The summed E-state index contributed by atoms with van der Waals surface area (Å²) in [5.74, 6) is -0.652. The van der Waals surface area contributed by atoms with Crippen molar-refractivity contribution in [2.24, 2.45) is 5.10 Å². The van der Waals surface area contributed by atoms with E-state index >= 15 is 0 Å². The molecule has 0 saturated heterocycles. The van der Waals surface area contributed by atoms with Gasteiger partial charge in [-0.25, -0.2) is 5.43 Å². The molecule has 0 saturated carbocycles. The fraction of sp³-hybridized carbons (Fsp3) is 0.211. The van der Waals surface area contributed by atoms with Crippen molar-refractivity contribution in [1.82, 2.24) is 5.43 Å². The van der Waals surface area contributed by atoms with Crippen molar-refractivity contribution in [3.8, 4) is 11.5 Å². The number of hydrogen-bond donors (Lipinski definition) is 4. The zero-order chi connectivity index (χ0) is 19.1. The van der Waals surface area contributed by atoms with E-state index in [1.54, 1.807) is 31.2 Å². The number of phenolic OH excluding ortho intramolecular Hbond substituents is 2. The molecule has 0 unspecified atom stereocenters. The second-order valence-electron chi connectivity index (χ2n) is 5.72. The normalized spacial score (nSPS) is 11.1. The lowest BCUT2D eigenvalue weighted by atomic mass is 10.1. The number of carbonyl (C=O) groups is 2. The highest BCUT2D eigenvalue weighted by Crippen LogP contribution is 2.22. The molecular formula is C19H21N3O4. The molecule has 0 aliphatic carbocycles. The average Bonchev–Trinajstić information content (AvgIpc) is 2.61. The average molecular weight is 355 g/mol. The number of aromatic hydroxyl groups is 2. The SMILES string of the molecule is CCCC(=O)Nc1ccc(O)c(/C(C)=N/NC(=O)c2cccc(O)c2)c1. The third kappa shape index (κ3) is 5.07. The highest BCUT2D eigenvalue weighted by molar-refractivity contribution is 6.04. The number of anilines is 1. The molecule has 0 spiro atoms. The summed E-state index contributed by atoms with van der Waals surface area (Å²) < 4.78 is 0. The fourth-order valence-electron chi connectivity index (χ4n) is 2.26. The van der Waals surface area contributed by atoms with Gasteiger partial charge >= 0.3 is 0 Å². The van der Waals surface area contributed by atoms with E-state index in [1.165, 1.54) is 18.2 Å². The fourth-order valence-corrected chi connectivity index (χ4v) is 2.26. The van der Waals surface area contributed by atoms with Crippen molar-refractivity contribution >= 4 is 23.2 Å². The van der Waals surface area contributed by atoms with Crippen molar-refractivity contribution in [2.75, 3.05) is 5.32 Å². The molecule has 0 aliphatic heterocycles. The predicted molar refractivity (Wildman–Crippen MR) is 99.4 cm³/mol. The Balaban J connectivity index is 2.14. The largest absolute Gasteiger partial charge is 0.508 e. The van der Waals surface area contributed by atoms with Crippen molar-refractivity contribution in [2.45, 2.75) is 26.7 Å². The first-order valence-corrected chi connectivity index (χ1v) is 8.17. The van der Waals surface area contributed by atoms with E-state index in [0.29, 0.717) is 23.4 Å². The molecule has 26 heavy (non-hydrogen) atoms. The Bertz CT molecular complexity index is 846. The first-order valence-electron chi connectivity index (χ1n) is 8.17. The van der Waals surface area contributed by atoms with Crippen molar-refractivity contribution < 1.29 is 19.8 Å². The highest BCUT2D eigenvalue weighted by Gasteiger charge is 2.10. The maximum atomic E-state index is 12.1. The summed E-state index contributed by atoms with van der Waals surface area (Å²) in [6.45, 7) is 3.53. The minimum atomic E-state index is -0.493. The molecule has 136 valence electrons. The predicted octanol–water partition coefficient (Wildman–Crippen LogP) is 2.99. The molecule has 7 nitrogen and oxygen atoms in total. The molecule has 0 bridgehead atoms. The molecule has 2 aromatic carbocycles. The van der Waals surface area contributed by atoms with Gasteiger partial charge in [-0.2, -0.15) is 5.10 Å². The van der Waals surface area contributed by atoms with Crippen LogP contribution in [0.25, 0.3) is 0 Å². The van der Waals surface area contributed by atoms with Gasteiger partial charge in [0, 0.05) is 23.2 Å². The maximum Gasteiger partial charge on any atom is 0.271 e. The number of hydrogen-bond acceptors (Lipinski definition) is 5. The van der Waals surface area contributed by atoms with Gasteiger partial charge in [-0.15, -0.1) is 0 Å². The van der Waals surface area contributed by atoms with Crippen LogP contribution in [0.2, 0.25) is 0 Å². The van der Waals surface area contributed by atoms with Crippen LogP contribution < -0.4 is 10.7 Å². The summed E-state index contributed by atoms with van der Waals surface area (Å²) in [6.07, 6.45) is 1.14. The quantitative estimate of drug-likeness (QED) is 0.363. The van der Waals surface area contributed by atoms with E-state index in [1.807, 2.05) is 6.92 Å². The minimum absolute atomic E-state index is 0.0217. The van der Waals surface area contributed by atoms with Crippen LogP contribution in [0, 0.1) is 0 Å².